The van der Waals surface area contributed by atoms with Crippen molar-refractivity contribution < 1.29 is 0 Å². The van der Waals surface area contributed by atoms with Gasteiger partial charge in [-0.15, -0.1) is 0 Å². The predicted molar refractivity (Wildman–Crippen MR) is 70.2 cm³/mol. The second-order valence-electron chi connectivity index (χ2n) is 4.10. The van der Waals surface area contributed by atoms with Crippen LogP contribution in [0.3, 0.4) is 0 Å². The molecule has 5 heteroatoms. The quantitative estimate of drug-likeness (QED) is 0.742. The third-order valence-electron chi connectivity index (χ3n) is 2.74. The third kappa shape index (κ3) is 1.75. The van der Waals surface area contributed by atoms with Crippen LogP contribution in [0.15, 0.2) is 48.8 Å². The third-order valence-corrected chi connectivity index (χ3v) is 2.74. The Morgan fingerprint density at radius 2 is 1.94 bits per heavy atom. The van der Waals surface area contributed by atoms with E-state index in [0.717, 1.165) is 16.9 Å². The monoisotopic (exact) mass is 239 g/mol. The average Bonchev–Trinajstić information content (AvgIpc) is 2.97. The molecule has 0 radical (unpaired) electrons. The lowest BCUT2D eigenvalue weighted by Crippen LogP contribution is -2.00. The normalized spacial score (nSPS) is 10.7. The van der Waals surface area contributed by atoms with Crippen LogP contribution in [0, 0.1) is 0 Å². The highest BCUT2D eigenvalue weighted by Gasteiger charge is 2.09. The number of aryl methyl sites for hydroxylation is 1. The predicted octanol–water partition coefficient (Wildman–Crippen LogP) is 1.85. The van der Waals surface area contributed by atoms with Crippen molar-refractivity contribution in [2.75, 3.05) is 5.73 Å². The zero-order chi connectivity index (χ0) is 12.5. The molecule has 0 aliphatic rings. The fraction of sp³-hybridized carbons (Fsp3) is 0.0769. The van der Waals surface area contributed by atoms with Crippen molar-refractivity contribution in [3.05, 3.63) is 48.8 Å². The first-order valence-electron chi connectivity index (χ1n) is 5.64. The number of nitrogens with zero attached hydrogens (tertiary/aromatic N) is 4. The van der Waals surface area contributed by atoms with E-state index in [9.17, 15) is 0 Å². The number of anilines is 1. The van der Waals surface area contributed by atoms with Crippen LogP contribution in [-0.4, -0.2) is 19.6 Å². The number of rotatable bonds is 2. The molecular formula is C13H13N5. The molecule has 0 bridgehead atoms. The topological polar surface area (TPSA) is 61.7 Å². The van der Waals surface area contributed by atoms with E-state index in [1.54, 1.807) is 15.6 Å². The van der Waals surface area contributed by atoms with E-state index in [0.29, 0.717) is 5.82 Å². The first-order chi connectivity index (χ1) is 8.74. The van der Waals surface area contributed by atoms with E-state index in [2.05, 4.69) is 10.2 Å². The second kappa shape index (κ2) is 4.03. The van der Waals surface area contributed by atoms with Gasteiger partial charge in [0.2, 0.25) is 0 Å². The van der Waals surface area contributed by atoms with Crippen LogP contribution >= 0.6 is 0 Å². The maximum Gasteiger partial charge on any atom is 0.127 e. The van der Waals surface area contributed by atoms with Crippen LogP contribution in [0.5, 0.6) is 0 Å². The smallest absolute Gasteiger partial charge is 0.127 e. The summed E-state index contributed by atoms with van der Waals surface area (Å²) >= 11 is 0. The van der Waals surface area contributed by atoms with Gasteiger partial charge in [0.25, 0.3) is 0 Å². The van der Waals surface area contributed by atoms with Crippen molar-refractivity contribution in [2.45, 2.75) is 0 Å². The van der Waals surface area contributed by atoms with Crippen LogP contribution < -0.4 is 5.73 Å². The van der Waals surface area contributed by atoms with Gasteiger partial charge in [-0.05, 0) is 12.1 Å². The second-order valence-corrected chi connectivity index (χ2v) is 4.10. The maximum atomic E-state index is 5.99. The molecule has 0 aliphatic carbocycles. The number of hydrogen-bond acceptors (Lipinski definition) is 3. The largest absolute Gasteiger partial charge is 0.384 e. The Balaban J connectivity index is 2.06. The highest BCUT2D eigenvalue weighted by Crippen LogP contribution is 2.22. The van der Waals surface area contributed by atoms with E-state index >= 15 is 0 Å². The number of hydrogen-bond donors (Lipinski definition) is 1. The Morgan fingerprint density at radius 3 is 2.61 bits per heavy atom. The number of aromatic nitrogens is 4. The summed E-state index contributed by atoms with van der Waals surface area (Å²) in [4.78, 5) is 0. The van der Waals surface area contributed by atoms with Gasteiger partial charge < -0.3 is 5.73 Å². The Morgan fingerprint density at radius 1 is 1.17 bits per heavy atom. The van der Waals surface area contributed by atoms with E-state index in [1.807, 2.05) is 49.6 Å². The average molecular weight is 239 g/mol. The van der Waals surface area contributed by atoms with Gasteiger partial charge in [-0.1, -0.05) is 18.2 Å². The molecule has 2 N–H and O–H groups in total. The number of benzene rings is 1. The molecule has 0 saturated carbocycles. The molecule has 2 heterocycles. The molecular weight excluding hydrogens is 226 g/mol. The number of nitrogens with two attached hydrogens (primary N) is 1. The lowest BCUT2D eigenvalue weighted by atomic mass is 10.2. The lowest BCUT2D eigenvalue weighted by Gasteiger charge is -2.02. The number of nitrogen functional groups attached to an aromatic ring is 1. The van der Waals surface area contributed by atoms with Crippen molar-refractivity contribution in [3.63, 3.8) is 0 Å². The minimum atomic E-state index is 0.611. The Hall–Kier alpha value is -2.56. The standard InChI is InChI=1S/C13H13N5/c1-17-9-10(8-15-17)12-7-13(14)18(16-12)11-5-3-2-4-6-11/h2-9H,14H2,1H3. The Labute approximate surface area is 104 Å². The van der Waals surface area contributed by atoms with E-state index in [1.165, 1.54) is 0 Å². The van der Waals surface area contributed by atoms with Gasteiger partial charge in [0.15, 0.2) is 0 Å². The van der Waals surface area contributed by atoms with Gasteiger partial charge >= 0.3 is 0 Å². The summed E-state index contributed by atoms with van der Waals surface area (Å²) in [6.07, 6.45) is 3.69. The van der Waals surface area contributed by atoms with Crippen LogP contribution in [0.25, 0.3) is 16.9 Å². The van der Waals surface area contributed by atoms with Crippen LogP contribution in [0.2, 0.25) is 0 Å². The molecule has 0 saturated heterocycles. The maximum absolute atomic E-state index is 5.99. The van der Waals surface area contributed by atoms with E-state index in [4.69, 9.17) is 5.73 Å². The Kier molecular flexibility index (Phi) is 2.37. The summed E-state index contributed by atoms with van der Waals surface area (Å²) < 4.78 is 3.47. The summed E-state index contributed by atoms with van der Waals surface area (Å²) in [5.41, 5.74) is 8.72. The highest BCUT2D eigenvalue weighted by atomic mass is 15.3. The van der Waals surface area contributed by atoms with Gasteiger partial charge in [-0.25, -0.2) is 4.68 Å². The van der Waals surface area contributed by atoms with Gasteiger partial charge in [-0.3, -0.25) is 4.68 Å². The highest BCUT2D eigenvalue weighted by molar-refractivity contribution is 5.62. The van der Waals surface area contributed by atoms with Crippen LogP contribution in [0.1, 0.15) is 0 Å². The summed E-state index contributed by atoms with van der Waals surface area (Å²) in [5, 5.41) is 8.63. The zero-order valence-electron chi connectivity index (χ0n) is 9.99. The van der Waals surface area contributed by atoms with Gasteiger partial charge in [0.05, 0.1) is 17.6 Å². The summed E-state index contributed by atoms with van der Waals surface area (Å²) in [7, 11) is 1.88. The molecule has 0 atom stereocenters. The lowest BCUT2D eigenvalue weighted by molar-refractivity contribution is 0.768. The molecule has 5 nitrogen and oxygen atoms in total. The molecule has 0 amide bonds. The molecule has 0 aliphatic heterocycles. The fourth-order valence-corrected chi connectivity index (χ4v) is 1.87. The molecule has 3 rings (SSSR count). The fourth-order valence-electron chi connectivity index (χ4n) is 1.87. The number of para-hydroxylation sites is 1. The van der Waals surface area contributed by atoms with Gasteiger partial charge in [0.1, 0.15) is 5.82 Å². The summed E-state index contributed by atoms with van der Waals surface area (Å²) in [6.45, 7) is 0. The van der Waals surface area contributed by atoms with Gasteiger partial charge in [-0.2, -0.15) is 10.2 Å². The van der Waals surface area contributed by atoms with Crippen LogP contribution in [0.4, 0.5) is 5.82 Å². The molecule has 2 aromatic heterocycles. The summed E-state index contributed by atoms with van der Waals surface area (Å²) in [6, 6.07) is 11.7. The minimum absolute atomic E-state index is 0.611. The minimum Gasteiger partial charge on any atom is -0.384 e. The molecule has 18 heavy (non-hydrogen) atoms. The molecule has 1 aromatic carbocycles. The Bertz CT molecular complexity index is 666. The zero-order valence-corrected chi connectivity index (χ0v) is 9.99. The van der Waals surface area contributed by atoms with E-state index in [-0.39, 0.29) is 0 Å². The molecule has 0 unspecified atom stereocenters. The van der Waals surface area contributed by atoms with Crippen LogP contribution in [-0.2, 0) is 7.05 Å². The first-order valence-corrected chi connectivity index (χ1v) is 5.64. The SMILES string of the molecule is Cn1cc(-c2cc(N)n(-c3ccccc3)n2)cn1. The van der Waals surface area contributed by atoms with E-state index < -0.39 is 0 Å². The van der Waals surface area contributed by atoms with Crippen molar-refractivity contribution in [2.24, 2.45) is 7.05 Å². The first kappa shape index (κ1) is 10.6. The molecule has 90 valence electrons. The molecule has 3 aromatic rings. The molecule has 0 fully saturated rings. The van der Waals surface area contributed by atoms with Crippen molar-refractivity contribution >= 4 is 5.82 Å². The van der Waals surface area contributed by atoms with Crippen molar-refractivity contribution in [1.29, 1.82) is 0 Å². The van der Waals surface area contributed by atoms with Crippen molar-refractivity contribution in [1.82, 2.24) is 19.6 Å². The van der Waals surface area contributed by atoms with Gasteiger partial charge in [0, 0.05) is 24.9 Å². The van der Waals surface area contributed by atoms with Crippen molar-refractivity contribution in [3.8, 4) is 16.9 Å². The summed E-state index contributed by atoms with van der Waals surface area (Å²) in [5.74, 6) is 0.611. The molecule has 0 spiro atoms.